The average molecular weight is 223 g/mol. The minimum absolute atomic E-state index is 0.140. The lowest BCUT2D eigenvalue weighted by atomic mass is 10.4. The number of rotatable bonds is 1. The van der Waals surface area contributed by atoms with Crippen molar-refractivity contribution in [3.63, 3.8) is 0 Å². The van der Waals surface area contributed by atoms with E-state index in [9.17, 15) is 0 Å². The molecule has 2 heterocycles. The Kier molecular flexibility index (Phi) is 2.83. The van der Waals surface area contributed by atoms with E-state index in [1.54, 1.807) is 0 Å². The molecule has 66 valence electrons. The van der Waals surface area contributed by atoms with Gasteiger partial charge in [-0.3, -0.25) is 0 Å². The molecular weight excluding hydrogens is 216 g/mol. The van der Waals surface area contributed by atoms with Crippen LogP contribution in [0, 0.1) is 0 Å². The summed E-state index contributed by atoms with van der Waals surface area (Å²) in [5.41, 5.74) is 0. The summed E-state index contributed by atoms with van der Waals surface area (Å²) in [6.07, 6.45) is 0. The Labute approximate surface area is 83.6 Å². The molecule has 0 radical (unpaired) electrons. The molecule has 1 atom stereocenters. The summed E-state index contributed by atoms with van der Waals surface area (Å²) < 4.78 is 4.70. The fourth-order valence-corrected chi connectivity index (χ4v) is 3.69. The Morgan fingerprint density at radius 1 is 1.50 bits per heavy atom. The van der Waals surface area contributed by atoms with Gasteiger partial charge in [0.05, 0.1) is 5.25 Å². The Hall–Kier alpha value is 0.130. The van der Waals surface area contributed by atoms with E-state index in [1.165, 1.54) is 5.75 Å². The fourth-order valence-electron chi connectivity index (χ4n) is 0.983. The lowest BCUT2D eigenvalue weighted by Gasteiger charge is -2.16. The Bertz CT molecular complexity index is 262. The third-order valence-corrected chi connectivity index (χ3v) is 4.43. The smallest absolute Gasteiger partial charge is 0.320 e. The van der Waals surface area contributed by atoms with Gasteiger partial charge >= 0.3 is 5.35 Å². The van der Waals surface area contributed by atoms with Gasteiger partial charge in [0.2, 0.25) is 0 Å². The van der Waals surface area contributed by atoms with E-state index in [0.29, 0.717) is 5.25 Å². The van der Waals surface area contributed by atoms with E-state index in [1.807, 2.05) is 23.5 Å². The van der Waals surface area contributed by atoms with Crippen LogP contribution < -0.4 is 0 Å². The monoisotopic (exact) mass is 222 g/mol. The van der Waals surface area contributed by atoms with Crippen molar-refractivity contribution in [2.24, 2.45) is 0 Å². The summed E-state index contributed by atoms with van der Waals surface area (Å²) in [5.74, 6) is 4.16. The molecule has 0 bridgehead atoms. The second kappa shape index (κ2) is 3.89. The van der Waals surface area contributed by atoms with Gasteiger partial charge in [-0.25, -0.2) is 0 Å². The molecule has 0 aromatic carbocycles. The van der Waals surface area contributed by atoms with E-state index >= 15 is 0 Å². The number of hydrogen-bond acceptors (Lipinski definition) is 5. The molecular formula is C6H7ClN2OS2. The first kappa shape index (κ1) is 8.72. The predicted octanol–water partition coefficient (Wildman–Crippen LogP) is 2.24. The van der Waals surface area contributed by atoms with Gasteiger partial charge in [-0.05, 0) is 11.6 Å². The fraction of sp³-hybridized carbons (Fsp3) is 0.667. The van der Waals surface area contributed by atoms with Crippen LogP contribution in [0.3, 0.4) is 0 Å². The van der Waals surface area contributed by atoms with Crippen LogP contribution in [0.15, 0.2) is 4.52 Å². The first-order valence-electron chi connectivity index (χ1n) is 3.55. The summed E-state index contributed by atoms with van der Waals surface area (Å²) in [6, 6.07) is 0. The van der Waals surface area contributed by atoms with Crippen LogP contribution in [0.1, 0.15) is 11.1 Å². The number of halogens is 1. The summed E-state index contributed by atoms with van der Waals surface area (Å²) in [4.78, 5) is 3.99. The van der Waals surface area contributed by atoms with Crippen LogP contribution in [0.4, 0.5) is 0 Å². The standard InChI is InChI=1S/C6H7ClN2OS2/c7-6-8-5(9-10-6)4-3-11-1-2-12-4/h4H,1-3H2. The Morgan fingerprint density at radius 3 is 3.00 bits per heavy atom. The van der Waals surface area contributed by atoms with Crippen molar-refractivity contribution in [2.45, 2.75) is 5.25 Å². The summed E-state index contributed by atoms with van der Waals surface area (Å²) >= 11 is 9.31. The first-order valence-corrected chi connectivity index (χ1v) is 6.13. The van der Waals surface area contributed by atoms with Crippen LogP contribution in [-0.4, -0.2) is 27.4 Å². The molecule has 1 saturated heterocycles. The van der Waals surface area contributed by atoms with Crippen molar-refractivity contribution < 1.29 is 4.52 Å². The lowest BCUT2D eigenvalue weighted by Crippen LogP contribution is -2.07. The highest BCUT2D eigenvalue weighted by Gasteiger charge is 2.21. The highest BCUT2D eigenvalue weighted by Crippen LogP contribution is 2.35. The Morgan fingerprint density at radius 2 is 2.42 bits per heavy atom. The minimum Gasteiger partial charge on any atom is -0.321 e. The minimum atomic E-state index is 0.140. The van der Waals surface area contributed by atoms with Crippen molar-refractivity contribution in [3.8, 4) is 0 Å². The van der Waals surface area contributed by atoms with Gasteiger partial charge in [-0.15, -0.1) is 11.8 Å². The number of thioether (sulfide) groups is 2. The van der Waals surface area contributed by atoms with Crippen LogP contribution in [0.5, 0.6) is 0 Å². The zero-order valence-corrected chi connectivity index (χ0v) is 8.58. The molecule has 0 saturated carbocycles. The van der Waals surface area contributed by atoms with E-state index in [-0.39, 0.29) is 5.35 Å². The van der Waals surface area contributed by atoms with Gasteiger partial charge in [0.1, 0.15) is 0 Å². The maximum absolute atomic E-state index is 5.52. The van der Waals surface area contributed by atoms with Crippen molar-refractivity contribution in [2.75, 3.05) is 17.3 Å². The van der Waals surface area contributed by atoms with Gasteiger partial charge < -0.3 is 4.52 Å². The average Bonchev–Trinajstić information content (AvgIpc) is 2.54. The third-order valence-electron chi connectivity index (χ3n) is 1.52. The zero-order valence-electron chi connectivity index (χ0n) is 6.20. The molecule has 2 rings (SSSR count). The third kappa shape index (κ3) is 1.89. The quantitative estimate of drug-likeness (QED) is 0.729. The van der Waals surface area contributed by atoms with Crippen LogP contribution in [0.25, 0.3) is 0 Å². The number of nitrogens with zero attached hydrogens (tertiary/aromatic N) is 2. The maximum atomic E-state index is 5.52. The van der Waals surface area contributed by atoms with E-state index in [4.69, 9.17) is 16.1 Å². The lowest BCUT2D eigenvalue weighted by molar-refractivity contribution is 0.412. The van der Waals surface area contributed by atoms with Crippen LogP contribution in [0.2, 0.25) is 5.35 Å². The van der Waals surface area contributed by atoms with Gasteiger partial charge in [0.25, 0.3) is 0 Å². The van der Waals surface area contributed by atoms with Crippen molar-refractivity contribution in [1.82, 2.24) is 10.1 Å². The molecule has 1 unspecified atom stereocenters. The van der Waals surface area contributed by atoms with E-state index in [0.717, 1.165) is 17.3 Å². The second-order valence-electron chi connectivity index (χ2n) is 2.34. The molecule has 1 aromatic rings. The van der Waals surface area contributed by atoms with Crippen LogP contribution in [-0.2, 0) is 0 Å². The molecule has 0 spiro atoms. The molecule has 0 aliphatic carbocycles. The molecule has 1 fully saturated rings. The van der Waals surface area contributed by atoms with Crippen molar-refractivity contribution in [3.05, 3.63) is 11.2 Å². The predicted molar refractivity (Wildman–Crippen MR) is 51.8 cm³/mol. The molecule has 0 amide bonds. The van der Waals surface area contributed by atoms with E-state index < -0.39 is 0 Å². The molecule has 0 N–H and O–H groups in total. The van der Waals surface area contributed by atoms with Crippen molar-refractivity contribution in [1.29, 1.82) is 0 Å². The highest BCUT2D eigenvalue weighted by molar-refractivity contribution is 8.06. The van der Waals surface area contributed by atoms with E-state index in [2.05, 4.69) is 10.1 Å². The normalized spacial score (nSPS) is 24.2. The second-order valence-corrected chi connectivity index (χ2v) is 5.12. The van der Waals surface area contributed by atoms with Crippen LogP contribution >= 0.6 is 35.1 Å². The van der Waals surface area contributed by atoms with Gasteiger partial charge in [-0.1, -0.05) is 5.16 Å². The maximum Gasteiger partial charge on any atom is 0.320 e. The largest absolute Gasteiger partial charge is 0.321 e. The summed E-state index contributed by atoms with van der Waals surface area (Å²) in [6.45, 7) is 0. The summed E-state index contributed by atoms with van der Waals surface area (Å²) in [5, 5.41) is 4.29. The van der Waals surface area contributed by atoms with Gasteiger partial charge in [-0.2, -0.15) is 16.7 Å². The molecule has 1 aliphatic rings. The molecule has 3 nitrogen and oxygen atoms in total. The van der Waals surface area contributed by atoms with Crippen molar-refractivity contribution >= 4 is 35.1 Å². The first-order chi connectivity index (χ1) is 5.86. The molecule has 12 heavy (non-hydrogen) atoms. The number of aromatic nitrogens is 2. The zero-order chi connectivity index (χ0) is 8.39. The Balaban J connectivity index is 2.08. The topological polar surface area (TPSA) is 38.9 Å². The molecule has 1 aliphatic heterocycles. The number of hydrogen-bond donors (Lipinski definition) is 0. The van der Waals surface area contributed by atoms with Gasteiger partial charge in [0.15, 0.2) is 5.82 Å². The van der Waals surface area contributed by atoms with Gasteiger partial charge in [0, 0.05) is 17.3 Å². The molecule has 6 heteroatoms. The highest BCUT2D eigenvalue weighted by atomic mass is 35.5. The summed E-state index contributed by atoms with van der Waals surface area (Å²) in [7, 11) is 0. The SMILES string of the molecule is Clc1nc(C2CSCCS2)no1. The molecule has 1 aromatic heterocycles.